The number of carbonyl (C=O) groups is 3. The maximum absolute atomic E-state index is 12.4. The summed E-state index contributed by atoms with van der Waals surface area (Å²) in [7, 11) is 1.43. The molecule has 1 aliphatic heterocycles. The first-order chi connectivity index (χ1) is 11.0. The van der Waals surface area contributed by atoms with Gasteiger partial charge >= 0.3 is 0 Å². The zero-order valence-electron chi connectivity index (χ0n) is 12.6. The van der Waals surface area contributed by atoms with Gasteiger partial charge in [-0.1, -0.05) is 12.1 Å². The Morgan fingerprint density at radius 2 is 1.83 bits per heavy atom. The van der Waals surface area contributed by atoms with Crippen molar-refractivity contribution in [2.75, 3.05) is 18.6 Å². The molecule has 0 unspecified atom stereocenters. The summed E-state index contributed by atoms with van der Waals surface area (Å²) < 4.78 is 0. The molecule has 0 fully saturated rings. The van der Waals surface area contributed by atoms with E-state index < -0.39 is 5.91 Å². The van der Waals surface area contributed by atoms with E-state index in [1.165, 1.54) is 7.05 Å². The Labute approximate surface area is 137 Å². The first-order valence-corrected chi connectivity index (χ1v) is 8.16. The van der Waals surface area contributed by atoms with Crippen LogP contribution in [0.15, 0.2) is 47.4 Å². The third-order valence-corrected chi connectivity index (χ3v) is 4.42. The van der Waals surface area contributed by atoms with Crippen LogP contribution in [0.5, 0.6) is 0 Å². The van der Waals surface area contributed by atoms with Crippen molar-refractivity contribution in [1.29, 1.82) is 0 Å². The molecule has 0 aliphatic carbocycles. The molecule has 1 heterocycles. The third kappa shape index (κ3) is 2.61. The summed E-state index contributed by atoms with van der Waals surface area (Å²) in [5, 5.41) is 2.73. The summed E-state index contributed by atoms with van der Waals surface area (Å²) in [6, 6.07) is 12.1. The molecular weight excluding hydrogens is 312 g/mol. The molecule has 0 aromatic heterocycles. The van der Waals surface area contributed by atoms with E-state index in [1.807, 2.05) is 12.3 Å². The number of carbonyl (C=O) groups excluding carboxylic acids is 3. The fraction of sp³-hybridized carbons (Fsp3) is 0.118. The summed E-state index contributed by atoms with van der Waals surface area (Å²) in [5.41, 5.74) is 1.41. The highest BCUT2D eigenvalue weighted by atomic mass is 32.2. The predicted octanol–water partition coefficient (Wildman–Crippen LogP) is 2.89. The van der Waals surface area contributed by atoms with Crippen LogP contribution in [0.3, 0.4) is 0 Å². The number of nitrogens with zero attached hydrogens (tertiary/aromatic N) is 1. The first-order valence-electron chi connectivity index (χ1n) is 6.93. The number of amides is 3. The minimum absolute atomic E-state index is 0.245. The van der Waals surface area contributed by atoms with Crippen molar-refractivity contribution in [2.24, 2.45) is 0 Å². The molecule has 1 N–H and O–H groups in total. The van der Waals surface area contributed by atoms with Gasteiger partial charge in [0.1, 0.15) is 0 Å². The monoisotopic (exact) mass is 326 g/mol. The number of nitrogens with one attached hydrogen (secondary N) is 1. The minimum Gasteiger partial charge on any atom is -0.321 e. The molecule has 23 heavy (non-hydrogen) atoms. The van der Waals surface area contributed by atoms with Crippen LogP contribution in [0, 0.1) is 0 Å². The fourth-order valence-electron chi connectivity index (χ4n) is 2.46. The van der Waals surface area contributed by atoms with Crippen LogP contribution in [0.1, 0.15) is 31.1 Å². The van der Waals surface area contributed by atoms with Crippen molar-refractivity contribution in [3.63, 3.8) is 0 Å². The number of hydrogen-bond donors (Lipinski definition) is 1. The topological polar surface area (TPSA) is 66.5 Å². The van der Waals surface area contributed by atoms with E-state index in [0.717, 1.165) is 9.80 Å². The van der Waals surface area contributed by atoms with E-state index in [2.05, 4.69) is 5.32 Å². The number of thioether (sulfide) groups is 1. The van der Waals surface area contributed by atoms with Gasteiger partial charge in [0.2, 0.25) is 0 Å². The lowest BCUT2D eigenvalue weighted by molar-refractivity contribution is 0.0693. The smallest absolute Gasteiger partial charge is 0.263 e. The van der Waals surface area contributed by atoms with Crippen LogP contribution in [0.25, 0.3) is 0 Å². The minimum atomic E-state index is -0.404. The number of benzene rings is 2. The summed E-state index contributed by atoms with van der Waals surface area (Å²) in [6.45, 7) is 0. The molecule has 116 valence electrons. The Morgan fingerprint density at radius 3 is 2.57 bits per heavy atom. The normalized spacial score (nSPS) is 13.2. The maximum Gasteiger partial charge on any atom is 0.263 e. The molecule has 2 aromatic carbocycles. The Hall–Kier alpha value is -2.60. The third-order valence-electron chi connectivity index (χ3n) is 3.70. The van der Waals surface area contributed by atoms with Crippen LogP contribution < -0.4 is 5.32 Å². The summed E-state index contributed by atoms with van der Waals surface area (Å²) in [6.07, 6.45) is 1.93. The van der Waals surface area contributed by atoms with Gasteiger partial charge in [0.15, 0.2) is 0 Å². The van der Waals surface area contributed by atoms with E-state index in [0.29, 0.717) is 16.8 Å². The van der Waals surface area contributed by atoms with Crippen LogP contribution in [0.4, 0.5) is 5.69 Å². The molecule has 0 bridgehead atoms. The highest BCUT2D eigenvalue weighted by Crippen LogP contribution is 2.29. The van der Waals surface area contributed by atoms with Crippen molar-refractivity contribution < 1.29 is 14.4 Å². The van der Waals surface area contributed by atoms with E-state index >= 15 is 0 Å². The fourth-order valence-corrected chi connectivity index (χ4v) is 2.92. The van der Waals surface area contributed by atoms with Crippen molar-refractivity contribution in [3.8, 4) is 0 Å². The average molecular weight is 326 g/mol. The zero-order valence-corrected chi connectivity index (χ0v) is 13.4. The molecule has 0 spiro atoms. The van der Waals surface area contributed by atoms with E-state index in [4.69, 9.17) is 0 Å². The standard InChI is InChI=1S/C17H14N2O3S/c1-19-16(21)12-7-4-8-13(14(12)17(19)22)18-15(20)10-5-3-6-11(9-10)23-2/h3-9H,1-2H3,(H,18,20). The highest BCUT2D eigenvalue weighted by Gasteiger charge is 2.35. The molecule has 0 radical (unpaired) electrons. The Morgan fingerprint density at radius 1 is 1.09 bits per heavy atom. The van der Waals surface area contributed by atoms with Gasteiger partial charge in [0, 0.05) is 17.5 Å². The molecule has 0 atom stereocenters. The summed E-state index contributed by atoms with van der Waals surface area (Å²) >= 11 is 1.54. The summed E-state index contributed by atoms with van der Waals surface area (Å²) in [4.78, 5) is 38.6. The van der Waals surface area contributed by atoms with Gasteiger partial charge in [0.05, 0.1) is 16.8 Å². The van der Waals surface area contributed by atoms with Crippen LogP contribution in [-0.4, -0.2) is 35.9 Å². The zero-order chi connectivity index (χ0) is 16.6. The van der Waals surface area contributed by atoms with Crippen molar-refractivity contribution >= 4 is 35.2 Å². The molecule has 1 aliphatic rings. The van der Waals surface area contributed by atoms with Gasteiger partial charge in [0.25, 0.3) is 17.7 Å². The Balaban J connectivity index is 1.94. The van der Waals surface area contributed by atoms with Gasteiger partial charge in [-0.3, -0.25) is 19.3 Å². The van der Waals surface area contributed by atoms with Gasteiger partial charge in [-0.2, -0.15) is 0 Å². The lowest BCUT2D eigenvalue weighted by atomic mass is 10.1. The van der Waals surface area contributed by atoms with Gasteiger partial charge in [-0.15, -0.1) is 11.8 Å². The van der Waals surface area contributed by atoms with Crippen LogP contribution in [-0.2, 0) is 0 Å². The molecule has 6 heteroatoms. The van der Waals surface area contributed by atoms with Gasteiger partial charge in [-0.25, -0.2) is 0 Å². The van der Waals surface area contributed by atoms with Crippen molar-refractivity contribution in [2.45, 2.75) is 4.90 Å². The van der Waals surface area contributed by atoms with Crippen molar-refractivity contribution in [1.82, 2.24) is 4.90 Å². The number of anilines is 1. The Bertz CT molecular complexity index is 832. The maximum atomic E-state index is 12.4. The van der Waals surface area contributed by atoms with Crippen molar-refractivity contribution in [3.05, 3.63) is 59.2 Å². The largest absolute Gasteiger partial charge is 0.321 e. The number of hydrogen-bond acceptors (Lipinski definition) is 4. The molecule has 5 nitrogen and oxygen atoms in total. The predicted molar refractivity (Wildman–Crippen MR) is 89.0 cm³/mol. The number of fused-ring (bicyclic) bond motifs is 1. The SMILES string of the molecule is CSc1cccc(C(=O)Nc2cccc3c2C(=O)N(C)C3=O)c1. The van der Waals surface area contributed by atoms with Crippen LogP contribution >= 0.6 is 11.8 Å². The summed E-state index contributed by atoms with van der Waals surface area (Å²) in [5.74, 6) is -1.08. The van der Waals surface area contributed by atoms with Gasteiger partial charge < -0.3 is 5.32 Å². The highest BCUT2D eigenvalue weighted by molar-refractivity contribution is 7.98. The molecule has 3 rings (SSSR count). The molecule has 3 amide bonds. The van der Waals surface area contributed by atoms with Gasteiger partial charge in [-0.05, 0) is 36.6 Å². The van der Waals surface area contributed by atoms with E-state index in [1.54, 1.807) is 48.2 Å². The second kappa shape index (κ2) is 5.89. The second-order valence-electron chi connectivity index (χ2n) is 5.08. The first kappa shape index (κ1) is 15.3. The lowest BCUT2D eigenvalue weighted by Gasteiger charge is -2.09. The number of rotatable bonds is 3. The number of imide groups is 1. The average Bonchev–Trinajstić information content (AvgIpc) is 2.80. The van der Waals surface area contributed by atoms with E-state index in [9.17, 15) is 14.4 Å². The quantitative estimate of drug-likeness (QED) is 0.696. The second-order valence-corrected chi connectivity index (χ2v) is 5.96. The molecule has 2 aromatic rings. The molecule has 0 saturated carbocycles. The van der Waals surface area contributed by atoms with E-state index in [-0.39, 0.29) is 17.4 Å². The molecular formula is C17H14N2O3S. The van der Waals surface area contributed by atoms with Crippen LogP contribution in [0.2, 0.25) is 0 Å². The Kier molecular flexibility index (Phi) is 3.92. The molecule has 0 saturated heterocycles. The lowest BCUT2D eigenvalue weighted by Crippen LogP contribution is -2.24.